The summed E-state index contributed by atoms with van der Waals surface area (Å²) >= 11 is 0. The highest BCUT2D eigenvalue weighted by molar-refractivity contribution is 4.84. The topological polar surface area (TPSA) is 0 Å². The lowest BCUT2D eigenvalue weighted by Gasteiger charge is -2.24. The van der Waals surface area contributed by atoms with Gasteiger partial charge in [0.25, 0.3) is 0 Å². The molecule has 0 rings (SSSR count). The first-order chi connectivity index (χ1) is 15.8. The van der Waals surface area contributed by atoms with Gasteiger partial charge in [-0.15, -0.1) is 0 Å². The lowest BCUT2D eigenvalue weighted by Crippen LogP contribution is -2.12. The van der Waals surface area contributed by atoms with Crippen molar-refractivity contribution >= 4 is 0 Å². The fourth-order valence-electron chi connectivity index (χ4n) is 5.28. The van der Waals surface area contributed by atoms with Crippen LogP contribution >= 0.6 is 0 Å². The Hall–Kier alpha value is 0. The highest BCUT2D eigenvalue weighted by Gasteiger charge is 2.17. The molecule has 0 saturated heterocycles. The highest BCUT2D eigenvalue weighted by Crippen LogP contribution is 2.30. The molecule has 0 aliphatic carbocycles. The summed E-state index contributed by atoms with van der Waals surface area (Å²) in [5.41, 5.74) is 0. The van der Waals surface area contributed by atoms with Crippen molar-refractivity contribution in [3.05, 3.63) is 6.42 Å². The van der Waals surface area contributed by atoms with Crippen molar-refractivity contribution in [1.82, 2.24) is 0 Å². The molecule has 0 amide bonds. The molecule has 0 aliphatic heterocycles. The fraction of sp³-hybridized carbons (Fsp3) is 0.969. The van der Waals surface area contributed by atoms with Gasteiger partial charge in [-0.2, -0.15) is 0 Å². The largest absolute Gasteiger partial charge is 0.0654 e. The van der Waals surface area contributed by atoms with Gasteiger partial charge >= 0.3 is 0 Å². The van der Waals surface area contributed by atoms with E-state index in [9.17, 15) is 0 Å². The number of unbranched alkanes of at least 4 members (excludes halogenated alkanes) is 17. The van der Waals surface area contributed by atoms with Crippen LogP contribution in [0.25, 0.3) is 0 Å². The van der Waals surface area contributed by atoms with Crippen LogP contribution in [0.5, 0.6) is 0 Å². The van der Waals surface area contributed by atoms with Gasteiger partial charge in [0.1, 0.15) is 0 Å². The van der Waals surface area contributed by atoms with E-state index in [0.717, 1.165) is 11.8 Å². The zero-order chi connectivity index (χ0) is 23.5. The van der Waals surface area contributed by atoms with E-state index in [1.165, 1.54) is 161 Å². The molecule has 0 N–H and O–H groups in total. The average Bonchev–Trinajstić information content (AvgIpc) is 2.80. The summed E-state index contributed by atoms with van der Waals surface area (Å²) in [5, 5.41) is 0. The molecule has 0 bridgehead atoms. The summed E-state index contributed by atoms with van der Waals surface area (Å²) in [5.74, 6) is 1.80. The quantitative estimate of drug-likeness (QED) is 0.109. The van der Waals surface area contributed by atoms with E-state index in [4.69, 9.17) is 0 Å². The zero-order valence-corrected chi connectivity index (χ0v) is 23.4. The van der Waals surface area contributed by atoms with Crippen molar-refractivity contribution in [1.29, 1.82) is 0 Å². The van der Waals surface area contributed by atoms with Gasteiger partial charge in [0, 0.05) is 0 Å². The van der Waals surface area contributed by atoms with Crippen LogP contribution in [0.3, 0.4) is 0 Å². The second-order valence-corrected chi connectivity index (χ2v) is 10.9. The third-order valence-electron chi connectivity index (χ3n) is 7.51. The maximum Gasteiger partial charge on any atom is -0.0324 e. The van der Waals surface area contributed by atoms with E-state index in [-0.39, 0.29) is 0 Å². The molecule has 0 aromatic carbocycles. The minimum absolute atomic E-state index is 0.902. The minimum Gasteiger partial charge on any atom is -0.0654 e. The molecule has 0 nitrogen and oxygen atoms in total. The molecule has 1 atom stereocenters. The molecule has 193 valence electrons. The van der Waals surface area contributed by atoms with Crippen molar-refractivity contribution in [2.45, 2.75) is 188 Å². The summed E-state index contributed by atoms with van der Waals surface area (Å²) in [7, 11) is 0. The lowest BCUT2D eigenvalue weighted by molar-refractivity contribution is 0.364. The fourth-order valence-corrected chi connectivity index (χ4v) is 5.28. The lowest BCUT2D eigenvalue weighted by atomic mass is 9.82. The summed E-state index contributed by atoms with van der Waals surface area (Å²) in [6, 6.07) is 0. The van der Waals surface area contributed by atoms with Crippen LogP contribution in [0.1, 0.15) is 188 Å². The Balaban J connectivity index is 4.52. The molecule has 0 fully saturated rings. The van der Waals surface area contributed by atoms with Gasteiger partial charge in [-0.1, -0.05) is 188 Å². The molecule has 1 unspecified atom stereocenters. The van der Waals surface area contributed by atoms with Crippen molar-refractivity contribution in [2.75, 3.05) is 0 Å². The molecule has 1 radical (unpaired) electrons. The molecule has 0 saturated carbocycles. The normalized spacial score (nSPS) is 12.7. The van der Waals surface area contributed by atoms with E-state index in [1.54, 1.807) is 0 Å². The van der Waals surface area contributed by atoms with Crippen LogP contribution in [0.2, 0.25) is 0 Å². The average molecular weight is 450 g/mol. The first-order valence-corrected chi connectivity index (χ1v) is 15.6. The van der Waals surface area contributed by atoms with Crippen molar-refractivity contribution in [3.63, 3.8) is 0 Å². The molecule has 0 aromatic heterocycles. The number of hydrogen-bond acceptors (Lipinski definition) is 0. The Morgan fingerprint density at radius 2 is 0.531 bits per heavy atom. The van der Waals surface area contributed by atoms with Crippen molar-refractivity contribution in [3.8, 4) is 0 Å². The SMILES string of the molecule is CCCCCCCCC([CH]C(CCCCCCC)CCCCCCC)CCCCCCC. The maximum absolute atomic E-state index is 2.89. The summed E-state index contributed by atoms with van der Waals surface area (Å²) in [6.07, 6.45) is 39.0. The van der Waals surface area contributed by atoms with Crippen LogP contribution in [-0.2, 0) is 0 Å². The van der Waals surface area contributed by atoms with Crippen molar-refractivity contribution in [2.24, 2.45) is 11.8 Å². The standard InChI is InChI=1S/C32H65/c1-5-9-13-17-21-25-29-32(28-24-20-16-12-8-4)30-31(26-22-18-14-10-6-2)27-23-19-15-11-7-3/h30-32H,5-29H2,1-4H3. The van der Waals surface area contributed by atoms with E-state index < -0.39 is 0 Å². The monoisotopic (exact) mass is 450 g/mol. The van der Waals surface area contributed by atoms with Crippen molar-refractivity contribution < 1.29 is 0 Å². The molecule has 0 heteroatoms. The van der Waals surface area contributed by atoms with Gasteiger partial charge in [0.15, 0.2) is 0 Å². The maximum atomic E-state index is 2.89. The summed E-state index contributed by atoms with van der Waals surface area (Å²) < 4.78 is 0. The second-order valence-electron chi connectivity index (χ2n) is 10.9. The Labute approximate surface area is 206 Å². The van der Waals surface area contributed by atoms with Gasteiger partial charge in [-0.3, -0.25) is 0 Å². The second kappa shape index (κ2) is 27.2. The Morgan fingerprint density at radius 1 is 0.312 bits per heavy atom. The van der Waals surface area contributed by atoms with Gasteiger partial charge in [-0.05, 0) is 18.3 Å². The van der Waals surface area contributed by atoms with E-state index in [1.807, 2.05) is 0 Å². The first-order valence-electron chi connectivity index (χ1n) is 15.6. The van der Waals surface area contributed by atoms with Crippen LogP contribution in [-0.4, -0.2) is 0 Å². The Bertz CT molecular complexity index is 306. The van der Waals surface area contributed by atoms with E-state index >= 15 is 0 Å². The third kappa shape index (κ3) is 23.2. The Morgan fingerprint density at radius 3 is 0.781 bits per heavy atom. The molecule has 0 heterocycles. The van der Waals surface area contributed by atoms with Gasteiger partial charge < -0.3 is 0 Å². The van der Waals surface area contributed by atoms with Gasteiger partial charge in [0.2, 0.25) is 0 Å². The number of rotatable bonds is 27. The molecule has 0 spiro atoms. The summed E-state index contributed by atoms with van der Waals surface area (Å²) in [6.45, 7) is 9.33. The van der Waals surface area contributed by atoms with Crippen LogP contribution in [0, 0.1) is 18.3 Å². The first kappa shape index (κ1) is 32.0. The predicted molar refractivity (Wildman–Crippen MR) is 149 cm³/mol. The van der Waals surface area contributed by atoms with Gasteiger partial charge in [-0.25, -0.2) is 0 Å². The third-order valence-corrected chi connectivity index (χ3v) is 7.51. The molecular formula is C32H65. The zero-order valence-electron chi connectivity index (χ0n) is 23.4. The van der Waals surface area contributed by atoms with E-state index in [0.29, 0.717) is 0 Å². The Kier molecular flexibility index (Phi) is 27.2. The van der Waals surface area contributed by atoms with Crippen LogP contribution in [0.4, 0.5) is 0 Å². The smallest absolute Gasteiger partial charge is 0.0324 e. The summed E-state index contributed by atoms with van der Waals surface area (Å²) in [4.78, 5) is 0. The minimum atomic E-state index is 0.902. The molecule has 0 aliphatic rings. The van der Waals surface area contributed by atoms with Gasteiger partial charge in [0.05, 0.1) is 0 Å². The molecule has 0 aromatic rings. The van der Waals surface area contributed by atoms with Crippen LogP contribution in [0.15, 0.2) is 0 Å². The number of hydrogen-bond donors (Lipinski definition) is 0. The predicted octanol–water partition coefficient (Wildman–Crippen LogP) is 12.3. The van der Waals surface area contributed by atoms with Crippen LogP contribution < -0.4 is 0 Å². The highest BCUT2D eigenvalue weighted by atomic mass is 14.2. The van der Waals surface area contributed by atoms with E-state index in [2.05, 4.69) is 34.1 Å². The molecular weight excluding hydrogens is 384 g/mol. The molecule has 32 heavy (non-hydrogen) atoms.